The van der Waals surface area contributed by atoms with Gasteiger partial charge in [-0.1, -0.05) is 12.1 Å². The number of carbonyl (C=O) groups is 1. The molecule has 1 unspecified atom stereocenters. The number of aromatic nitrogens is 3. The van der Waals surface area contributed by atoms with Crippen LogP contribution in [0.15, 0.2) is 42.6 Å². The number of pyridine rings is 1. The van der Waals surface area contributed by atoms with Crippen LogP contribution in [0.2, 0.25) is 0 Å². The van der Waals surface area contributed by atoms with Gasteiger partial charge in [-0.15, -0.1) is 0 Å². The van der Waals surface area contributed by atoms with Gasteiger partial charge in [0.2, 0.25) is 5.91 Å². The minimum Gasteiger partial charge on any atom is -0.386 e. The molecule has 28 heavy (non-hydrogen) atoms. The van der Waals surface area contributed by atoms with Gasteiger partial charge in [0.05, 0.1) is 29.9 Å². The van der Waals surface area contributed by atoms with Gasteiger partial charge in [-0.2, -0.15) is 5.10 Å². The summed E-state index contributed by atoms with van der Waals surface area (Å²) in [5.74, 6) is -0.106. The van der Waals surface area contributed by atoms with Crippen molar-refractivity contribution < 1.29 is 9.90 Å². The Balaban J connectivity index is 1.44. The van der Waals surface area contributed by atoms with E-state index in [1.54, 1.807) is 14.1 Å². The van der Waals surface area contributed by atoms with Crippen LogP contribution < -0.4 is 0 Å². The van der Waals surface area contributed by atoms with Gasteiger partial charge >= 0.3 is 0 Å². The largest absolute Gasteiger partial charge is 0.386 e. The molecule has 3 aromatic rings. The van der Waals surface area contributed by atoms with E-state index in [2.05, 4.69) is 39.2 Å². The zero-order valence-corrected chi connectivity index (χ0v) is 16.2. The molecular formula is C21H25N5O2. The first-order valence-corrected chi connectivity index (χ1v) is 9.50. The van der Waals surface area contributed by atoms with Crippen LogP contribution in [-0.2, 0) is 24.4 Å². The number of rotatable bonds is 5. The summed E-state index contributed by atoms with van der Waals surface area (Å²) in [4.78, 5) is 20.1. The molecule has 0 bridgehead atoms. The molecule has 146 valence electrons. The van der Waals surface area contributed by atoms with Gasteiger partial charge < -0.3 is 10.0 Å². The number of fused-ring (bicyclic) bond motifs is 2. The van der Waals surface area contributed by atoms with Crippen molar-refractivity contribution in [1.82, 2.24) is 24.6 Å². The summed E-state index contributed by atoms with van der Waals surface area (Å²) in [5, 5.41) is 16.0. The SMILES string of the molecule is CN(C)C(=O)CC(O)c1cc2n(n1)CCN(Cc1ccc3ncccc3c1)C2. The molecule has 1 aliphatic heterocycles. The average molecular weight is 379 g/mol. The summed E-state index contributed by atoms with van der Waals surface area (Å²) < 4.78 is 1.94. The lowest BCUT2D eigenvalue weighted by Gasteiger charge is -2.27. The molecular weight excluding hydrogens is 354 g/mol. The van der Waals surface area contributed by atoms with Crippen molar-refractivity contribution >= 4 is 16.8 Å². The Kier molecular flexibility index (Phi) is 5.11. The van der Waals surface area contributed by atoms with Gasteiger partial charge in [0.1, 0.15) is 6.10 Å². The monoisotopic (exact) mass is 379 g/mol. The summed E-state index contributed by atoms with van der Waals surface area (Å²) >= 11 is 0. The van der Waals surface area contributed by atoms with E-state index in [1.807, 2.05) is 23.0 Å². The molecule has 1 atom stereocenters. The molecule has 0 saturated heterocycles. The van der Waals surface area contributed by atoms with Crippen LogP contribution in [0.5, 0.6) is 0 Å². The van der Waals surface area contributed by atoms with Crippen molar-refractivity contribution in [2.45, 2.75) is 32.2 Å². The zero-order valence-electron chi connectivity index (χ0n) is 16.2. The molecule has 0 aliphatic carbocycles. The van der Waals surface area contributed by atoms with Gasteiger partial charge in [-0.05, 0) is 29.8 Å². The van der Waals surface area contributed by atoms with Crippen LogP contribution in [0.3, 0.4) is 0 Å². The maximum Gasteiger partial charge on any atom is 0.225 e. The Bertz CT molecular complexity index is 997. The fourth-order valence-electron chi connectivity index (χ4n) is 3.57. The van der Waals surface area contributed by atoms with Crippen LogP contribution >= 0.6 is 0 Å². The summed E-state index contributed by atoms with van der Waals surface area (Å²) in [7, 11) is 3.38. The highest BCUT2D eigenvalue weighted by molar-refractivity contribution is 5.78. The standard InChI is InChI=1S/C21H25N5O2/c1-24(2)21(28)12-20(27)19-11-17-14-25(8-9-26(17)23-19)13-15-5-6-18-16(10-15)4-3-7-22-18/h3-7,10-11,20,27H,8-9,12-14H2,1-2H3. The Morgan fingerprint density at radius 1 is 1.25 bits per heavy atom. The summed E-state index contributed by atoms with van der Waals surface area (Å²) in [6.07, 6.45) is 0.999. The number of hydrogen-bond acceptors (Lipinski definition) is 5. The van der Waals surface area contributed by atoms with Crippen LogP contribution in [0.4, 0.5) is 0 Å². The van der Waals surface area contributed by atoms with E-state index in [0.29, 0.717) is 5.69 Å². The van der Waals surface area contributed by atoms with E-state index < -0.39 is 6.10 Å². The van der Waals surface area contributed by atoms with Crippen LogP contribution in [0.25, 0.3) is 10.9 Å². The van der Waals surface area contributed by atoms with Crippen molar-refractivity contribution in [3.05, 3.63) is 59.5 Å². The molecule has 1 N–H and O–H groups in total. The second-order valence-electron chi connectivity index (χ2n) is 7.53. The molecule has 0 saturated carbocycles. The van der Waals surface area contributed by atoms with Gasteiger partial charge in [-0.3, -0.25) is 19.4 Å². The Morgan fingerprint density at radius 3 is 2.93 bits per heavy atom. The molecule has 7 nitrogen and oxygen atoms in total. The maximum atomic E-state index is 11.8. The number of nitrogens with zero attached hydrogens (tertiary/aromatic N) is 5. The fourth-order valence-corrected chi connectivity index (χ4v) is 3.57. The minimum atomic E-state index is -0.866. The average Bonchev–Trinajstić information content (AvgIpc) is 3.11. The van der Waals surface area contributed by atoms with Crippen LogP contribution in [0.1, 0.15) is 29.5 Å². The lowest BCUT2D eigenvalue weighted by atomic mass is 10.1. The van der Waals surface area contributed by atoms with E-state index in [0.717, 1.165) is 42.8 Å². The summed E-state index contributed by atoms with van der Waals surface area (Å²) in [6.45, 7) is 3.30. The smallest absolute Gasteiger partial charge is 0.225 e. The Labute approximate surface area is 164 Å². The highest BCUT2D eigenvalue weighted by atomic mass is 16.3. The normalized spacial score (nSPS) is 15.4. The first kappa shape index (κ1) is 18.6. The Morgan fingerprint density at radius 2 is 2.11 bits per heavy atom. The molecule has 1 aliphatic rings. The maximum absolute atomic E-state index is 11.8. The minimum absolute atomic E-state index is 0.0539. The molecule has 1 amide bonds. The predicted octanol–water partition coefficient (Wildman–Crippen LogP) is 1.96. The van der Waals surface area contributed by atoms with Gasteiger partial charge in [0.15, 0.2) is 0 Å². The molecule has 4 rings (SSSR count). The second kappa shape index (κ2) is 7.69. The van der Waals surface area contributed by atoms with Gasteiger partial charge in [0, 0.05) is 45.3 Å². The number of aliphatic hydroxyl groups is 1. The molecule has 1 aromatic carbocycles. The van der Waals surface area contributed by atoms with Gasteiger partial charge in [-0.25, -0.2) is 0 Å². The zero-order chi connectivity index (χ0) is 19.7. The quantitative estimate of drug-likeness (QED) is 0.734. The molecule has 0 spiro atoms. The molecule has 0 fully saturated rings. The van der Waals surface area contributed by atoms with E-state index >= 15 is 0 Å². The number of amides is 1. The fraction of sp³-hybridized carbons (Fsp3) is 0.381. The highest BCUT2D eigenvalue weighted by Crippen LogP contribution is 2.22. The third kappa shape index (κ3) is 3.90. The van der Waals surface area contributed by atoms with Crippen molar-refractivity contribution in [2.75, 3.05) is 20.6 Å². The molecule has 7 heteroatoms. The lowest BCUT2D eigenvalue weighted by molar-refractivity contribution is -0.130. The van der Waals surface area contributed by atoms with Crippen molar-refractivity contribution in [3.8, 4) is 0 Å². The number of aliphatic hydroxyl groups excluding tert-OH is 1. The highest BCUT2D eigenvalue weighted by Gasteiger charge is 2.23. The summed E-state index contributed by atoms with van der Waals surface area (Å²) in [6, 6.07) is 12.3. The first-order chi connectivity index (χ1) is 13.5. The third-order valence-corrected chi connectivity index (χ3v) is 5.18. The second-order valence-corrected chi connectivity index (χ2v) is 7.53. The van der Waals surface area contributed by atoms with E-state index in [4.69, 9.17) is 0 Å². The van der Waals surface area contributed by atoms with Crippen molar-refractivity contribution in [2.24, 2.45) is 0 Å². The van der Waals surface area contributed by atoms with E-state index in [1.165, 1.54) is 10.5 Å². The Hall–Kier alpha value is -2.77. The molecule has 3 heterocycles. The lowest BCUT2D eigenvalue weighted by Crippen LogP contribution is -2.33. The number of hydrogen-bond donors (Lipinski definition) is 1. The summed E-state index contributed by atoms with van der Waals surface area (Å²) in [5.41, 5.74) is 3.91. The third-order valence-electron chi connectivity index (χ3n) is 5.18. The van der Waals surface area contributed by atoms with Gasteiger partial charge in [0.25, 0.3) is 0 Å². The molecule has 2 aromatic heterocycles. The van der Waals surface area contributed by atoms with E-state index in [9.17, 15) is 9.90 Å². The predicted molar refractivity (Wildman–Crippen MR) is 106 cm³/mol. The van der Waals surface area contributed by atoms with E-state index in [-0.39, 0.29) is 12.3 Å². The van der Waals surface area contributed by atoms with Crippen LogP contribution in [-0.4, -0.2) is 56.2 Å². The first-order valence-electron chi connectivity index (χ1n) is 9.50. The number of benzene rings is 1. The van der Waals surface area contributed by atoms with Crippen molar-refractivity contribution in [3.63, 3.8) is 0 Å². The van der Waals surface area contributed by atoms with Crippen LogP contribution in [0, 0.1) is 0 Å². The van der Waals surface area contributed by atoms with Crippen molar-refractivity contribution in [1.29, 1.82) is 0 Å². The molecule has 0 radical (unpaired) electrons. The topological polar surface area (TPSA) is 74.5 Å². The number of carbonyl (C=O) groups excluding carboxylic acids is 1.